The molecular formula is C18H30O2. The third-order valence-electron chi connectivity index (χ3n) is 3.62. The average Bonchev–Trinajstić information content (AvgIpc) is 2.46. The molecule has 1 atom stereocenters. The van der Waals surface area contributed by atoms with Gasteiger partial charge in [-0.3, -0.25) is 0 Å². The third-order valence-corrected chi connectivity index (χ3v) is 3.62. The highest BCUT2D eigenvalue weighted by Gasteiger charge is 2.07. The summed E-state index contributed by atoms with van der Waals surface area (Å²) in [5.41, 5.74) is 0.882. The monoisotopic (exact) mass is 278 g/mol. The van der Waals surface area contributed by atoms with Crippen LogP contribution in [0.25, 0.3) is 0 Å². The number of aliphatic hydroxyl groups is 1. The summed E-state index contributed by atoms with van der Waals surface area (Å²) in [6, 6.07) is 7.75. The fourth-order valence-electron chi connectivity index (χ4n) is 2.38. The van der Waals surface area contributed by atoms with Gasteiger partial charge in [-0.15, -0.1) is 0 Å². The van der Waals surface area contributed by atoms with E-state index >= 15 is 0 Å². The van der Waals surface area contributed by atoms with E-state index in [-0.39, 0.29) is 0 Å². The highest BCUT2D eigenvalue weighted by molar-refractivity contribution is 5.34. The van der Waals surface area contributed by atoms with Crippen LogP contribution >= 0.6 is 0 Å². The molecule has 0 radical (unpaired) electrons. The molecule has 0 fully saturated rings. The van der Waals surface area contributed by atoms with Gasteiger partial charge in [-0.25, -0.2) is 0 Å². The van der Waals surface area contributed by atoms with Crippen molar-refractivity contribution in [1.82, 2.24) is 0 Å². The molecule has 20 heavy (non-hydrogen) atoms. The lowest BCUT2D eigenvalue weighted by Gasteiger charge is -2.13. The zero-order chi connectivity index (χ0) is 14.6. The molecule has 0 saturated heterocycles. The van der Waals surface area contributed by atoms with E-state index in [0.29, 0.717) is 0 Å². The third kappa shape index (κ3) is 6.95. The first-order valence-electron chi connectivity index (χ1n) is 8.15. The van der Waals surface area contributed by atoms with Crippen molar-refractivity contribution < 1.29 is 9.84 Å². The van der Waals surface area contributed by atoms with Crippen molar-refractivity contribution >= 4 is 0 Å². The van der Waals surface area contributed by atoms with Gasteiger partial charge in [-0.05, 0) is 19.4 Å². The summed E-state index contributed by atoms with van der Waals surface area (Å²) in [6.07, 6.45) is 9.98. The molecule has 0 heterocycles. The molecule has 0 unspecified atom stereocenters. The Morgan fingerprint density at radius 2 is 1.55 bits per heavy atom. The van der Waals surface area contributed by atoms with Crippen molar-refractivity contribution in [3.8, 4) is 5.75 Å². The molecule has 1 aromatic carbocycles. The molecule has 2 nitrogen and oxygen atoms in total. The van der Waals surface area contributed by atoms with Gasteiger partial charge in [0.15, 0.2) is 0 Å². The Balaban J connectivity index is 2.10. The minimum absolute atomic E-state index is 0.468. The minimum Gasteiger partial charge on any atom is -0.493 e. The largest absolute Gasteiger partial charge is 0.493 e. The van der Waals surface area contributed by atoms with Crippen LogP contribution < -0.4 is 4.74 Å². The van der Waals surface area contributed by atoms with Crippen molar-refractivity contribution in [2.75, 3.05) is 6.61 Å². The predicted molar refractivity (Wildman–Crippen MR) is 85.2 cm³/mol. The Labute approximate surface area is 124 Å². The van der Waals surface area contributed by atoms with Gasteiger partial charge < -0.3 is 9.84 Å². The normalized spacial score (nSPS) is 12.3. The first kappa shape index (κ1) is 17.0. The highest BCUT2D eigenvalue weighted by Crippen LogP contribution is 2.24. The first-order valence-corrected chi connectivity index (χ1v) is 8.15. The Kier molecular flexibility index (Phi) is 9.14. The van der Waals surface area contributed by atoms with Crippen LogP contribution in [-0.4, -0.2) is 11.7 Å². The van der Waals surface area contributed by atoms with Crippen LogP contribution in [0.2, 0.25) is 0 Å². The van der Waals surface area contributed by atoms with Crippen LogP contribution in [0.15, 0.2) is 24.3 Å². The minimum atomic E-state index is -0.468. The fourth-order valence-corrected chi connectivity index (χ4v) is 2.38. The summed E-state index contributed by atoms with van der Waals surface area (Å²) in [7, 11) is 0. The van der Waals surface area contributed by atoms with E-state index in [4.69, 9.17) is 4.74 Å². The van der Waals surface area contributed by atoms with Crippen LogP contribution in [0.1, 0.15) is 76.9 Å². The Morgan fingerprint density at radius 3 is 2.20 bits per heavy atom. The summed E-state index contributed by atoms with van der Waals surface area (Å²) in [4.78, 5) is 0. The van der Waals surface area contributed by atoms with E-state index in [1.165, 1.54) is 44.9 Å². The van der Waals surface area contributed by atoms with Crippen LogP contribution in [0.4, 0.5) is 0 Å². The smallest absolute Gasteiger partial charge is 0.125 e. The van der Waals surface area contributed by atoms with Gasteiger partial charge in [0.05, 0.1) is 12.7 Å². The maximum absolute atomic E-state index is 9.67. The maximum Gasteiger partial charge on any atom is 0.125 e. The van der Waals surface area contributed by atoms with Crippen LogP contribution in [0.5, 0.6) is 5.75 Å². The number of aliphatic hydroxyl groups excluding tert-OH is 1. The summed E-state index contributed by atoms with van der Waals surface area (Å²) in [6.45, 7) is 4.78. The van der Waals surface area contributed by atoms with E-state index in [9.17, 15) is 5.11 Å². The van der Waals surface area contributed by atoms with Crippen LogP contribution in [-0.2, 0) is 0 Å². The van der Waals surface area contributed by atoms with Crippen molar-refractivity contribution in [2.24, 2.45) is 0 Å². The van der Waals surface area contributed by atoms with E-state index in [1.807, 2.05) is 24.3 Å². The maximum atomic E-state index is 9.67. The van der Waals surface area contributed by atoms with Gasteiger partial charge in [-0.1, -0.05) is 70.1 Å². The molecule has 0 aromatic heterocycles. The predicted octanol–water partition coefficient (Wildman–Crippen LogP) is 5.26. The van der Waals surface area contributed by atoms with Gasteiger partial charge >= 0.3 is 0 Å². The van der Waals surface area contributed by atoms with E-state index in [1.54, 1.807) is 6.92 Å². The summed E-state index contributed by atoms with van der Waals surface area (Å²) in [5.74, 6) is 0.824. The molecule has 0 bridgehead atoms. The summed E-state index contributed by atoms with van der Waals surface area (Å²) in [5, 5.41) is 9.67. The SMILES string of the molecule is CCCCCCCCCCOc1ccccc1[C@@H](C)O. The molecule has 0 amide bonds. The Morgan fingerprint density at radius 1 is 0.950 bits per heavy atom. The number of benzene rings is 1. The summed E-state index contributed by atoms with van der Waals surface area (Å²) >= 11 is 0. The van der Waals surface area contributed by atoms with Crippen molar-refractivity contribution in [1.29, 1.82) is 0 Å². The second-order valence-electron chi connectivity index (χ2n) is 5.54. The van der Waals surface area contributed by atoms with E-state index < -0.39 is 6.10 Å². The number of hydrogen-bond donors (Lipinski definition) is 1. The van der Waals surface area contributed by atoms with E-state index in [0.717, 1.165) is 24.3 Å². The highest BCUT2D eigenvalue weighted by atomic mass is 16.5. The summed E-state index contributed by atoms with van der Waals surface area (Å²) < 4.78 is 5.78. The first-order chi connectivity index (χ1) is 9.75. The molecule has 1 rings (SSSR count). The van der Waals surface area contributed by atoms with Gasteiger partial charge in [0.2, 0.25) is 0 Å². The zero-order valence-corrected chi connectivity index (χ0v) is 13.1. The topological polar surface area (TPSA) is 29.5 Å². The molecule has 0 aliphatic heterocycles. The fraction of sp³-hybridized carbons (Fsp3) is 0.667. The van der Waals surface area contributed by atoms with Crippen molar-refractivity contribution in [3.05, 3.63) is 29.8 Å². The molecule has 0 spiro atoms. The van der Waals surface area contributed by atoms with Crippen LogP contribution in [0.3, 0.4) is 0 Å². The molecular weight excluding hydrogens is 248 g/mol. The van der Waals surface area contributed by atoms with Crippen LogP contribution in [0, 0.1) is 0 Å². The molecule has 0 aliphatic rings. The van der Waals surface area contributed by atoms with Gasteiger partial charge in [0.1, 0.15) is 5.75 Å². The Hall–Kier alpha value is -1.02. The van der Waals surface area contributed by atoms with Gasteiger partial charge in [-0.2, -0.15) is 0 Å². The number of para-hydroxylation sites is 1. The second-order valence-corrected chi connectivity index (χ2v) is 5.54. The molecule has 0 saturated carbocycles. The Bertz CT molecular complexity index is 347. The molecule has 1 N–H and O–H groups in total. The quantitative estimate of drug-likeness (QED) is 0.559. The second kappa shape index (κ2) is 10.7. The average molecular weight is 278 g/mol. The van der Waals surface area contributed by atoms with E-state index in [2.05, 4.69) is 6.92 Å². The van der Waals surface area contributed by atoms with Crippen molar-refractivity contribution in [2.45, 2.75) is 71.3 Å². The standard InChI is InChI=1S/C18H30O2/c1-3-4-5-6-7-8-9-12-15-20-18-14-11-10-13-17(18)16(2)19/h10-11,13-14,16,19H,3-9,12,15H2,1-2H3/t16-/m1/s1. The number of unbranched alkanes of at least 4 members (excludes halogenated alkanes) is 7. The lowest BCUT2D eigenvalue weighted by Crippen LogP contribution is -2.02. The number of hydrogen-bond acceptors (Lipinski definition) is 2. The molecule has 0 aliphatic carbocycles. The zero-order valence-electron chi connectivity index (χ0n) is 13.1. The molecule has 2 heteroatoms. The van der Waals surface area contributed by atoms with Gasteiger partial charge in [0, 0.05) is 5.56 Å². The molecule has 114 valence electrons. The lowest BCUT2D eigenvalue weighted by atomic mass is 10.1. The number of rotatable bonds is 11. The lowest BCUT2D eigenvalue weighted by molar-refractivity contribution is 0.190. The van der Waals surface area contributed by atoms with Gasteiger partial charge in [0.25, 0.3) is 0 Å². The molecule has 1 aromatic rings. The number of ether oxygens (including phenoxy) is 1. The van der Waals surface area contributed by atoms with Crippen molar-refractivity contribution in [3.63, 3.8) is 0 Å².